The predicted octanol–water partition coefficient (Wildman–Crippen LogP) is 3.72. The van der Waals surface area contributed by atoms with Gasteiger partial charge in [-0.3, -0.25) is 0 Å². The van der Waals surface area contributed by atoms with E-state index in [-0.39, 0.29) is 0 Å². The number of nitrogens with one attached hydrogen (secondary N) is 1. The van der Waals surface area contributed by atoms with E-state index in [2.05, 4.69) is 15.3 Å². The molecular weight excluding hydrogens is 262 g/mol. The number of benzene rings is 1. The molecule has 0 aliphatic rings. The lowest BCUT2D eigenvalue weighted by Crippen LogP contribution is -2.02. The summed E-state index contributed by atoms with van der Waals surface area (Å²) >= 11 is 5.98. The molecule has 0 aliphatic carbocycles. The van der Waals surface area contributed by atoms with E-state index in [1.807, 2.05) is 38.1 Å². The van der Waals surface area contributed by atoms with Crippen LogP contribution in [0.2, 0.25) is 5.15 Å². The number of aromatic nitrogens is 2. The number of nitrogens with zero attached hydrogens (tertiary/aromatic N) is 2. The molecule has 0 unspecified atom stereocenters. The van der Waals surface area contributed by atoms with Crippen LogP contribution in [-0.4, -0.2) is 16.6 Å². The van der Waals surface area contributed by atoms with Crippen LogP contribution in [0.4, 0.5) is 11.5 Å². The molecule has 0 spiro atoms. The van der Waals surface area contributed by atoms with Crippen molar-refractivity contribution in [1.29, 1.82) is 0 Å². The number of aryl methyl sites for hydroxylation is 1. The van der Waals surface area contributed by atoms with Crippen molar-refractivity contribution in [2.45, 2.75) is 20.5 Å². The van der Waals surface area contributed by atoms with Gasteiger partial charge < -0.3 is 10.1 Å². The van der Waals surface area contributed by atoms with Gasteiger partial charge in [0.25, 0.3) is 0 Å². The van der Waals surface area contributed by atoms with Gasteiger partial charge in [0.1, 0.15) is 17.6 Å². The molecule has 19 heavy (non-hydrogen) atoms. The van der Waals surface area contributed by atoms with E-state index in [4.69, 9.17) is 16.3 Å². The van der Waals surface area contributed by atoms with E-state index in [0.717, 1.165) is 5.69 Å². The highest BCUT2D eigenvalue weighted by Gasteiger charge is 2.04. The molecule has 0 bridgehead atoms. The second-order valence-corrected chi connectivity index (χ2v) is 4.51. The quantitative estimate of drug-likeness (QED) is 0.846. The van der Waals surface area contributed by atoms with Gasteiger partial charge in [-0.2, -0.15) is 0 Å². The Hall–Kier alpha value is -1.65. The van der Waals surface area contributed by atoms with E-state index in [0.29, 0.717) is 30.0 Å². The zero-order valence-corrected chi connectivity index (χ0v) is 11.7. The lowest BCUT2D eigenvalue weighted by Gasteiger charge is -2.08. The maximum atomic E-state index is 5.98. The molecule has 5 heteroatoms. The highest BCUT2D eigenvalue weighted by molar-refractivity contribution is 6.29. The highest BCUT2D eigenvalue weighted by Crippen LogP contribution is 2.18. The monoisotopic (exact) mass is 277 g/mol. The first-order valence-electron chi connectivity index (χ1n) is 6.12. The van der Waals surface area contributed by atoms with E-state index >= 15 is 0 Å². The number of halogens is 1. The Labute approximate surface area is 117 Å². The summed E-state index contributed by atoms with van der Waals surface area (Å²) in [6, 6.07) is 9.74. The summed E-state index contributed by atoms with van der Waals surface area (Å²) < 4.78 is 5.29. The van der Waals surface area contributed by atoms with Crippen LogP contribution in [0.5, 0.6) is 0 Å². The van der Waals surface area contributed by atoms with Crippen molar-refractivity contribution in [3.05, 3.63) is 46.9 Å². The van der Waals surface area contributed by atoms with Crippen molar-refractivity contribution in [3.63, 3.8) is 0 Å². The maximum absolute atomic E-state index is 5.98. The van der Waals surface area contributed by atoms with Gasteiger partial charge in [-0.1, -0.05) is 23.7 Å². The smallest absolute Gasteiger partial charge is 0.158 e. The second kappa shape index (κ2) is 6.50. The van der Waals surface area contributed by atoms with Crippen molar-refractivity contribution < 1.29 is 4.74 Å². The molecule has 100 valence electrons. The van der Waals surface area contributed by atoms with Crippen molar-refractivity contribution in [2.24, 2.45) is 0 Å². The molecule has 0 radical (unpaired) electrons. The van der Waals surface area contributed by atoms with Crippen molar-refractivity contribution in [1.82, 2.24) is 9.97 Å². The molecule has 1 aromatic carbocycles. The molecule has 0 aliphatic heterocycles. The summed E-state index contributed by atoms with van der Waals surface area (Å²) in [4.78, 5) is 8.48. The van der Waals surface area contributed by atoms with Crippen molar-refractivity contribution in [3.8, 4) is 0 Å². The zero-order valence-electron chi connectivity index (χ0n) is 11.0. The Balaban J connectivity index is 2.17. The standard InChI is InChI=1S/C14H16ClN3O/c1-3-19-9-14-17-12(15)8-13(18-14)16-11-6-4-5-10(2)7-11/h4-8H,3,9H2,1-2H3,(H,16,17,18). The van der Waals surface area contributed by atoms with Gasteiger partial charge in [0.15, 0.2) is 5.82 Å². The molecule has 0 atom stereocenters. The summed E-state index contributed by atoms with van der Waals surface area (Å²) in [5, 5.41) is 3.61. The van der Waals surface area contributed by atoms with Crippen LogP contribution < -0.4 is 5.32 Å². The number of rotatable bonds is 5. The van der Waals surface area contributed by atoms with Crippen LogP contribution in [-0.2, 0) is 11.3 Å². The van der Waals surface area contributed by atoms with Crippen molar-refractivity contribution in [2.75, 3.05) is 11.9 Å². The number of hydrogen-bond acceptors (Lipinski definition) is 4. The molecule has 2 aromatic rings. The van der Waals surface area contributed by atoms with Crippen LogP contribution in [0, 0.1) is 6.92 Å². The Kier molecular flexibility index (Phi) is 4.71. The summed E-state index contributed by atoms with van der Waals surface area (Å²) in [5.41, 5.74) is 2.15. The molecular formula is C14H16ClN3O. The minimum Gasteiger partial charge on any atom is -0.374 e. The van der Waals surface area contributed by atoms with E-state index in [1.54, 1.807) is 6.07 Å². The van der Waals surface area contributed by atoms with Crippen molar-refractivity contribution >= 4 is 23.1 Å². The molecule has 1 aromatic heterocycles. The predicted molar refractivity (Wildman–Crippen MR) is 76.8 cm³/mol. The van der Waals surface area contributed by atoms with Gasteiger partial charge in [0.05, 0.1) is 0 Å². The number of anilines is 2. The summed E-state index contributed by atoms with van der Waals surface area (Å²) in [6.45, 7) is 4.95. The third kappa shape index (κ3) is 4.19. The normalized spacial score (nSPS) is 10.5. The molecule has 1 N–H and O–H groups in total. The van der Waals surface area contributed by atoms with Gasteiger partial charge in [0.2, 0.25) is 0 Å². The molecule has 0 fully saturated rings. The molecule has 1 heterocycles. The lowest BCUT2D eigenvalue weighted by molar-refractivity contribution is 0.128. The van der Waals surface area contributed by atoms with Gasteiger partial charge in [-0.25, -0.2) is 9.97 Å². The van der Waals surface area contributed by atoms with E-state index in [9.17, 15) is 0 Å². The van der Waals surface area contributed by atoms with Crippen LogP contribution in [0.1, 0.15) is 18.3 Å². The average molecular weight is 278 g/mol. The fraction of sp³-hybridized carbons (Fsp3) is 0.286. The first-order valence-corrected chi connectivity index (χ1v) is 6.50. The van der Waals surface area contributed by atoms with Gasteiger partial charge in [-0.15, -0.1) is 0 Å². The topological polar surface area (TPSA) is 47.0 Å². The van der Waals surface area contributed by atoms with Crippen LogP contribution in [0.3, 0.4) is 0 Å². The van der Waals surface area contributed by atoms with Gasteiger partial charge >= 0.3 is 0 Å². The lowest BCUT2D eigenvalue weighted by atomic mass is 10.2. The molecule has 0 saturated heterocycles. The van der Waals surface area contributed by atoms with Crippen LogP contribution in [0.15, 0.2) is 30.3 Å². The minimum atomic E-state index is 0.361. The first kappa shape index (κ1) is 13.8. The summed E-state index contributed by atoms with van der Waals surface area (Å²) in [6.07, 6.45) is 0. The summed E-state index contributed by atoms with van der Waals surface area (Å²) in [7, 11) is 0. The Morgan fingerprint density at radius 3 is 2.84 bits per heavy atom. The minimum absolute atomic E-state index is 0.361. The van der Waals surface area contributed by atoms with Gasteiger partial charge in [0, 0.05) is 18.4 Å². The maximum Gasteiger partial charge on any atom is 0.158 e. The molecule has 0 saturated carbocycles. The van der Waals surface area contributed by atoms with Crippen LogP contribution in [0.25, 0.3) is 0 Å². The highest BCUT2D eigenvalue weighted by atomic mass is 35.5. The zero-order chi connectivity index (χ0) is 13.7. The Morgan fingerprint density at radius 1 is 1.26 bits per heavy atom. The second-order valence-electron chi connectivity index (χ2n) is 4.12. The average Bonchev–Trinajstić information content (AvgIpc) is 2.35. The SMILES string of the molecule is CCOCc1nc(Cl)cc(Nc2cccc(C)c2)n1. The van der Waals surface area contributed by atoms with Gasteiger partial charge in [-0.05, 0) is 31.5 Å². The van der Waals surface area contributed by atoms with E-state index < -0.39 is 0 Å². The molecule has 4 nitrogen and oxygen atoms in total. The Bertz CT molecular complexity index is 560. The molecule has 2 rings (SSSR count). The number of hydrogen-bond donors (Lipinski definition) is 1. The number of ether oxygens (including phenoxy) is 1. The van der Waals surface area contributed by atoms with E-state index in [1.165, 1.54) is 5.56 Å². The fourth-order valence-electron chi connectivity index (χ4n) is 1.66. The van der Waals surface area contributed by atoms with Crippen LogP contribution >= 0.6 is 11.6 Å². The molecule has 0 amide bonds. The largest absolute Gasteiger partial charge is 0.374 e. The first-order chi connectivity index (χ1) is 9.17. The fourth-order valence-corrected chi connectivity index (χ4v) is 1.86. The third-order valence-electron chi connectivity index (χ3n) is 2.47. The third-order valence-corrected chi connectivity index (χ3v) is 2.66. The Morgan fingerprint density at radius 2 is 2.11 bits per heavy atom. The summed E-state index contributed by atoms with van der Waals surface area (Å²) in [5.74, 6) is 1.24.